The zero-order valence-corrected chi connectivity index (χ0v) is 12.8. The fourth-order valence-corrected chi connectivity index (χ4v) is 2.47. The first-order valence-electron chi connectivity index (χ1n) is 7.67. The lowest BCUT2D eigenvalue weighted by Gasteiger charge is -2.08. The van der Waals surface area contributed by atoms with E-state index in [2.05, 4.69) is 13.2 Å². The van der Waals surface area contributed by atoms with Crippen LogP contribution in [0.25, 0.3) is 0 Å². The largest absolute Gasteiger partial charge is 0.123 e. The molecule has 0 N–H and O–H groups in total. The van der Waals surface area contributed by atoms with Crippen molar-refractivity contribution in [1.82, 2.24) is 0 Å². The number of alkyl halides is 1. The van der Waals surface area contributed by atoms with Crippen molar-refractivity contribution in [2.45, 2.75) is 82.4 Å². The molecule has 0 rings (SSSR count). The normalized spacial score (nSPS) is 10.8. The second-order valence-corrected chi connectivity index (χ2v) is 5.77. The molecule has 0 nitrogen and oxygen atoms in total. The molecule has 0 radical (unpaired) electrons. The van der Waals surface area contributed by atoms with Crippen LogP contribution in [0.2, 0.25) is 0 Å². The van der Waals surface area contributed by atoms with Crippen molar-refractivity contribution in [3.63, 3.8) is 0 Å². The molecule has 0 aromatic heterocycles. The first kappa shape index (κ1) is 17.8. The van der Waals surface area contributed by atoms with Gasteiger partial charge in [0.1, 0.15) is 0 Å². The fraction of sp³-hybridized carbons (Fsp3) is 0.765. The van der Waals surface area contributed by atoms with Crippen molar-refractivity contribution in [3.05, 3.63) is 25.3 Å². The molecule has 0 aliphatic carbocycles. The average molecular weight is 271 g/mol. The molecule has 0 saturated heterocycles. The Bertz CT molecular complexity index is 166. The van der Waals surface area contributed by atoms with Gasteiger partial charge in [-0.25, -0.2) is 0 Å². The van der Waals surface area contributed by atoms with Crippen molar-refractivity contribution >= 4 is 11.6 Å². The standard InChI is InChI=1S/C17H31Cl/c1-3-5-7-9-11-13-15-17(18)16-14-12-10-8-6-4-2/h3-4,17H,1-2,5-16H2. The van der Waals surface area contributed by atoms with Crippen LogP contribution >= 0.6 is 11.6 Å². The molecule has 0 heterocycles. The van der Waals surface area contributed by atoms with E-state index in [0.717, 1.165) is 12.8 Å². The van der Waals surface area contributed by atoms with Crippen LogP contribution in [0.3, 0.4) is 0 Å². The lowest BCUT2D eigenvalue weighted by molar-refractivity contribution is 0.552. The second-order valence-electron chi connectivity index (χ2n) is 5.16. The zero-order valence-electron chi connectivity index (χ0n) is 12.0. The smallest absolute Gasteiger partial charge is 0.0336 e. The van der Waals surface area contributed by atoms with Crippen LogP contribution < -0.4 is 0 Å². The van der Waals surface area contributed by atoms with Gasteiger partial charge in [0.05, 0.1) is 0 Å². The summed E-state index contributed by atoms with van der Waals surface area (Å²) >= 11 is 6.33. The highest BCUT2D eigenvalue weighted by molar-refractivity contribution is 6.20. The summed E-state index contributed by atoms with van der Waals surface area (Å²) in [5.41, 5.74) is 0. The van der Waals surface area contributed by atoms with E-state index in [0.29, 0.717) is 5.38 Å². The minimum absolute atomic E-state index is 0.406. The Morgan fingerprint density at radius 2 is 1.06 bits per heavy atom. The van der Waals surface area contributed by atoms with E-state index < -0.39 is 0 Å². The summed E-state index contributed by atoms with van der Waals surface area (Å²) in [6.45, 7) is 7.48. The maximum Gasteiger partial charge on any atom is 0.0336 e. The molecule has 0 bridgehead atoms. The van der Waals surface area contributed by atoms with Crippen molar-refractivity contribution in [1.29, 1.82) is 0 Å². The van der Waals surface area contributed by atoms with Gasteiger partial charge < -0.3 is 0 Å². The van der Waals surface area contributed by atoms with Gasteiger partial charge in [0.15, 0.2) is 0 Å². The summed E-state index contributed by atoms with van der Waals surface area (Å²) in [6, 6.07) is 0. The lowest BCUT2D eigenvalue weighted by Crippen LogP contribution is -1.98. The summed E-state index contributed by atoms with van der Waals surface area (Å²) in [6.07, 6.45) is 19.2. The van der Waals surface area contributed by atoms with Gasteiger partial charge in [-0.05, 0) is 38.5 Å². The van der Waals surface area contributed by atoms with Crippen LogP contribution in [-0.2, 0) is 0 Å². The van der Waals surface area contributed by atoms with Gasteiger partial charge in [0.25, 0.3) is 0 Å². The molecule has 0 aromatic carbocycles. The van der Waals surface area contributed by atoms with E-state index in [1.54, 1.807) is 0 Å². The van der Waals surface area contributed by atoms with Gasteiger partial charge in [-0.1, -0.05) is 50.7 Å². The molecule has 0 amide bonds. The SMILES string of the molecule is C=CCCCCCCC(Cl)CCCCCCC=C. The van der Waals surface area contributed by atoms with E-state index in [1.165, 1.54) is 64.2 Å². The topological polar surface area (TPSA) is 0 Å². The van der Waals surface area contributed by atoms with Gasteiger partial charge in [-0.2, -0.15) is 0 Å². The minimum Gasteiger partial charge on any atom is -0.123 e. The van der Waals surface area contributed by atoms with E-state index in [-0.39, 0.29) is 0 Å². The number of rotatable bonds is 14. The highest BCUT2D eigenvalue weighted by Gasteiger charge is 2.03. The maximum absolute atomic E-state index is 6.33. The van der Waals surface area contributed by atoms with E-state index in [1.807, 2.05) is 12.2 Å². The third-order valence-corrected chi connectivity index (χ3v) is 3.79. The summed E-state index contributed by atoms with van der Waals surface area (Å²) in [7, 11) is 0. The van der Waals surface area contributed by atoms with Crippen molar-refractivity contribution in [2.24, 2.45) is 0 Å². The highest BCUT2D eigenvalue weighted by Crippen LogP contribution is 2.17. The van der Waals surface area contributed by atoms with Gasteiger partial charge in [0, 0.05) is 5.38 Å². The van der Waals surface area contributed by atoms with Crippen molar-refractivity contribution < 1.29 is 0 Å². The predicted octanol–water partition coefficient (Wildman–Crippen LogP) is 6.65. The van der Waals surface area contributed by atoms with Crippen molar-refractivity contribution in [3.8, 4) is 0 Å². The van der Waals surface area contributed by atoms with Crippen LogP contribution in [-0.4, -0.2) is 5.38 Å². The monoisotopic (exact) mass is 270 g/mol. The number of hydrogen-bond donors (Lipinski definition) is 0. The predicted molar refractivity (Wildman–Crippen MR) is 85.4 cm³/mol. The van der Waals surface area contributed by atoms with Crippen LogP contribution in [0.1, 0.15) is 77.0 Å². The quantitative estimate of drug-likeness (QED) is 0.188. The van der Waals surface area contributed by atoms with Gasteiger partial charge in [-0.3, -0.25) is 0 Å². The Kier molecular flexibility index (Phi) is 14.6. The molecular weight excluding hydrogens is 240 g/mol. The first-order chi connectivity index (χ1) is 8.81. The molecule has 0 aliphatic heterocycles. The molecule has 18 heavy (non-hydrogen) atoms. The van der Waals surface area contributed by atoms with Crippen LogP contribution in [0, 0.1) is 0 Å². The lowest BCUT2D eigenvalue weighted by atomic mass is 10.0. The second kappa shape index (κ2) is 14.8. The molecule has 0 saturated carbocycles. The third-order valence-electron chi connectivity index (χ3n) is 3.35. The Labute approximate surface area is 120 Å². The van der Waals surface area contributed by atoms with E-state index in [9.17, 15) is 0 Å². The Morgan fingerprint density at radius 1 is 0.667 bits per heavy atom. The van der Waals surface area contributed by atoms with Crippen molar-refractivity contribution in [2.75, 3.05) is 0 Å². The summed E-state index contributed by atoms with van der Waals surface area (Å²) in [4.78, 5) is 0. The third kappa shape index (κ3) is 13.8. The summed E-state index contributed by atoms with van der Waals surface area (Å²) < 4.78 is 0. The first-order valence-corrected chi connectivity index (χ1v) is 8.10. The van der Waals surface area contributed by atoms with E-state index >= 15 is 0 Å². The number of unbranched alkanes of at least 4 members (excludes halogenated alkanes) is 8. The zero-order chi connectivity index (χ0) is 13.5. The van der Waals surface area contributed by atoms with Crippen LogP contribution in [0.5, 0.6) is 0 Å². The molecule has 0 atom stereocenters. The Hall–Kier alpha value is -0.230. The van der Waals surface area contributed by atoms with Gasteiger partial charge in [-0.15, -0.1) is 24.8 Å². The van der Waals surface area contributed by atoms with Crippen LogP contribution in [0.4, 0.5) is 0 Å². The number of allylic oxidation sites excluding steroid dienone is 2. The van der Waals surface area contributed by atoms with Crippen LogP contribution in [0.15, 0.2) is 25.3 Å². The summed E-state index contributed by atoms with van der Waals surface area (Å²) in [5, 5.41) is 0.406. The maximum atomic E-state index is 6.33. The molecule has 0 aromatic rings. The number of halogens is 1. The minimum atomic E-state index is 0.406. The van der Waals surface area contributed by atoms with Gasteiger partial charge in [0.2, 0.25) is 0 Å². The fourth-order valence-electron chi connectivity index (χ4n) is 2.16. The highest BCUT2D eigenvalue weighted by atomic mass is 35.5. The Morgan fingerprint density at radius 3 is 1.44 bits per heavy atom. The molecule has 0 unspecified atom stereocenters. The number of hydrogen-bond acceptors (Lipinski definition) is 0. The Balaban J connectivity index is 3.14. The summed E-state index contributed by atoms with van der Waals surface area (Å²) in [5.74, 6) is 0. The average Bonchev–Trinajstić information content (AvgIpc) is 2.38. The molecule has 1 heteroatoms. The molecule has 106 valence electrons. The van der Waals surface area contributed by atoms with Gasteiger partial charge >= 0.3 is 0 Å². The van der Waals surface area contributed by atoms with E-state index in [4.69, 9.17) is 11.6 Å². The molecular formula is C17H31Cl. The molecule has 0 aliphatic rings. The molecule has 0 spiro atoms. The molecule has 0 fully saturated rings.